The van der Waals surface area contributed by atoms with Crippen LogP contribution >= 0.6 is 0 Å². The second-order valence-electron chi connectivity index (χ2n) is 4.95. The molecule has 0 aromatic heterocycles. The SMILES string of the molecule is N#CCC[NH+]1CCN(S(=O)(=O)c2ccc(C#N)cc2)CC1. The molecule has 0 amide bonds. The van der Waals surface area contributed by atoms with Gasteiger partial charge in [0.2, 0.25) is 10.0 Å². The molecule has 1 aromatic carbocycles. The minimum absolute atomic E-state index is 0.224. The first kappa shape index (κ1) is 15.5. The van der Waals surface area contributed by atoms with Crippen molar-refractivity contribution in [1.82, 2.24) is 4.31 Å². The normalized spacial score (nSPS) is 17.0. The zero-order chi connectivity index (χ0) is 15.3. The van der Waals surface area contributed by atoms with Crippen LogP contribution in [-0.4, -0.2) is 45.4 Å². The Morgan fingerprint density at radius 1 is 1.14 bits per heavy atom. The number of hydrogen-bond donors (Lipinski definition) is 1. The molecule has 0 radical (unpaired) electrons. The summed E-state index contributed by atoms with van der Waals surface area (Å²) in [6.45, 7) is 3.13. The lowest BCUT2D eigenvalue weighted by Gasteiger charge is -2.31. The van der Waals surface area contributed by atoms with Gasteiger partial charge in [-0.3, -0.25) is 0 Å². The molecule has 110 valence electrons. The number of benzene rings is 1. The molecule has 1 aliphatic heterocycles. The largest absolute Gasteiger partial charge is 0.332 e. The van der Waals surface area contributed by atoms with Gasteiger partial charge in [0.05, 0.1) is 61.7 Å². The van der Waals surface area contributed by atoms with Crippen molar-refractivity contribution < 1.29 is 13.3 Å². The Balaban J connectivity index is 2.04. The fourth-order valence-corrected chi connectivity index (χ4v) is 3.82. The number of nitriles is 2. The summed E-state index contributed by atoms with van der Waals surface area (Å²) in [5.74, 6) is 0. The molecule has 0 aliphatic carbocycles. The van der Waals surface area contributed by atoms with Gasteiger partial charge in [-0.05, 0) is 24.3 Å². The highest BCUT2D eigenvalue weighted by atomic mass is 32.2. The lowest BCUT2D eigenvalue weighted by molar-refractivity contribution is -0.903. The molecule has 0 saturated carbocycles. The molecule has 1 aromatic rings. The van der Waals surface area contributed by atoms with Crippen LogP contribution in [0.1, 0.15) is 12.0 Å². The summed E-state index contributed by atoms with van der Waals surface area (Å²) < 4.78 is 26.5. The summed E-state index contributed by atoms with van der Waals surface area (Å²) in [5.41, 5.74) is 0.444. The number of nitrogens with one attached hydrogen (secondary N) is 1. The third-order valence-electron chi connectivity index (χ3n) is 3.64. The van der Waals surface area contributed by atoms with E-state index in [0.29, 0.717) is 25.1 Å². The van der Waals surface area contributed by atoms with Crippen molar-refractivity contribution in [3.63, 3.8) is 0 Å². The summed E-state index contributed by atoms with van der Waals surface area (Å²) in [7, 11) is -3.49. The second kappa shape index (κ2) is 6.68. The van der Waals surface area contributed by atoms with E-state index in [0.717, 1.165) is 19.6 Å². The number of piperazine rings is 1. The highest BCUT2D eigenvalue weighted by molar-refractivity contribution is 7.89. The van der Waals surface area contributed by atoms with Crippen molar-refractivity contribution in [1.29, 1.82) is 10.5 Å². The molecule has 1 saturated heterocycles. The summed E-state index contributed by atoms with van der Waals surface area (Å²) in [6.07, 6.45) is 0.498. The molecular weight excluding hydrogens is 288 g/mol. The van der Waals surface area contributed by atoms with Crippen molar-refractivity contribution >= 4 is 10.0 Å². The van der Waals surface area contributed by atoms with Gasteiger partial charge in [0.25, 0.3) is 0 Å². The topological polar surface area (TPSA) is 89.4 Å². The molecule has 0 spiro atoms. The quantitative estimate of drug-likeness (QED) is 0.801. The minimum Gasteiger partial charge on any atom is -0.332 e. The maximum atomic E-state index is 12.5. The molecule has 0 bridgehead atoms. The van der Waals surface area contributed by atoms with Crippen LogP contribution < -0.4 is 4.90 Å². The van der Waals surface area contributed by atoms with Crippen LogP contribution in [0.3, 0.4) is 0 Å². The summed E-state index contributed by atoms with van der Waals surface area (Å²) in [5, 5.41) is 17.3. The predicted molar refractivity (Wildman–Crippen MR) is 75.7 cm³/mol. The maximum Gasteiger partial charge on any atom is 0.243 e. The number of nitrogens with zero attached hydrogens (tertiary/aromatic N) is 3. The third kappa shape index (κ3) is 3.59. The summed E-state index contributed by atoms with van der Waals surface area (Å²) >= 11 is 0. The van der Waals surface area contributed by atoms with Crippen LogP contribution in [0.4, 0.5) is 0 Å². The Hall–Kier alpha value is -1.93. The van der Waals surface area contributed by atoms with Crippen LogP contribution in [0.15, 0.2) is 29.2 Å². The first-order valence-electron chi connectivity index (χ1n) is 6.79. The van der Waals surface area contributed by atoms with Crippen LogP contribution in [0.2, 0.25) is 0 Å². The Kier molecular flexibility index (Phi) is 4.92. The van der Waals surface area contributed by atoms with Crippen LogP contribution in [0, 0.1) is 22.7 Å². The molecule has 21 heavy (non-hydrogen) atoms. The monoisotopic (exact) mass is 305 g/mol. The Labute approximate surface area is 124 Å². The van der Waals surface area contributed by atoms with Crippen molar-refractivity contribution in [2.45, 2.75) is 11.3 Å². The van der Waals surface area contributed by atoms with Crippen molar-refractivity contribution in [2.24, 2.45) is 0 Å². The molecule has 1 heterocycles. The Morgan fingerprint density at radius 2 is 1.76 bits per heavy atom. The van der Waals surface area contributed by atoms with E-state index >= 15 is 0 Å². The molecule has 2 rings (SSSR count). The van der Waals surface area contributed by atoms with Gasteiger partial charge in [-0.2, -0.15) is 14.8 Å². The second-order valence-corrected chi connectivity index (χ2v) is 6.89. The number of hydrogen-bond acceptors (Lipinski definition) is 4. The molecule has 0 unspecified atom stereocenters. The standard InChI is InChI=1S/C14H16N4O2S/c15-6-1-7-17-8-10-18(11-9-17)21(19,20)14-4-2-13(12-16)3-5-14/h2-5H,1,7-11H2/p+1. The third-order valence-corrected chi connectivity index (χ3v) is 5.55. The molecule has 1 N–H and O–H groups in total. The Morgan fingerprint density at radius 3 is 2.29 bits per heavy atom. The average Bonchev–Trinajstić information content (AvgIpc) is 2.53. The van der Waals surface area contributed by atoms with E-state index < -0.39 is 10.0 Å². The fraction of sp³-hybridized carbons (Fsp3) is 0.429. The van der Waals surface area contributed by atoms with Gasteiger partial charge < -0.3 is 4.90 Å². The highest BCUT2D eigenvalue weighted by Gasteiger charge is 2.30. The summed E-state index contributed by atoms with van der Waals surface area (Å²) in [6, 6.07) is 10.1. The molecule has 1 fully saturated rings. The van der Waals surface area contributed by atoms with Gasteiger partial charge in [-0.15, -0.1) is 0 Å². The Bertz CT molecular complexity index is 662. The fourth-order valence-electron chi connectivity index (χ4n) is 2.38. The average molecular weight is 305 g/mol. The van der Waals surface area contributed by atoms with Gasteiger partial charge in [0, 0.05) is 0 Å². The van der Waals surface area contributed by atoms with Crippen molar-refractivity contribution in [2.75, 3.05) is 32.7 Å². The molecular formula is C14H17N4O2S+. The van der Waals surface area contributed by atoms with Crippen LogP contribution in [0.5, 0.6) is 0 Å². The predicted octanol–water partition coefficient (Wildman–Crippen LogP) is -0.639. The number of rotatable bonds is 4. The lowest BCUT2D eigenvalue weighted by atomic mass is 10.2. The smallest absolute Gasteiger partial charge is 0.243 e. The van der Waals surface area contributed by atoms with E-state index in [4.69, 9.17) is 10.5 Å². The van der Waals surface area contributed by atoms with E-state index in [1.165, 1.54) is 33.5 Å². The molecule has 1 aliphatic rings. The van der Waals surface area contributed by atoms with Gasteiger partial charge in [-0.25, -0.2) is 8.42 Å². The van der Waals surface area contributed by atoms with Gasteiger partial charge in [0.15, 0.2) is 0 Å². The maximum absolute atomic E-state index is 12.5. The van der Waals surface area contributed by atoms with Gasteiger partial charge in [-0.1, -0.05) is 0 Å². The van der Waals surface area contributed by atoms with Crippen molar-refractivity contribution in [3.8, 4) is 12.1 Å². The van der Waals surface area contributed by atoms with E-state index in [1.54, 1.807) is 0 Å². The molecule has 7 heteroatoms. The molecule has 6 nitrogen and oxygen atoms in total. The van der Waals surface area contributed by atoms with Crippen LogP contribution in [0.25, 0.3) is 0 Å². The van der Waals surface area contributed by atoms with Crippen LogP contribution in [-0.2, 0) is 10.0 Å². The number of quaternary nitrogens is 1. The van der Waals surface area contributed by atoms with Crippen molar-refractivity contribution in [3.05, 3.63) is 29.8 Å². The lowest BCUT2D eigenvalue weighted by Crippen LogP contribution is -3.14. The first-order valence-corrected chi connectivity index (χ1v) is 8.23. The van der Waals surface area contributed by atoms with E-state index in [9.17, 15) is 8.42 Å². The first-order chi connectivity index (χ1) is 10.1. The van der Waals surface area contributed by atoms with E-state index in [2.05, 4.69) is 6.07 Å². The highest BCUT2D eigenvalue weighted by Crippen LogP contribution is 2.16. The zero-order valence-electron chi connectivity index (χ0n) is 11.6. The molecule has 0 atom stereocenters. The van der Waals surface area contributed by atoms with E-state index in [1.807, 2.05) is 6.07 Å². The van der Waals surface area contributed by atoms with Gasteiger partial charge >= 0.3 is 0 Å². The minimum atomic E-state index is -3.49. The zero-order valence-corrected chi connectivity index (χ0v) is 12.4. The summed E-state index contributed by atoms with van der Waals surface area (Å²) in [4.78, 5) is 1.49. The van der Waals surface area contributed by atoms with Gasteiger partial charge in [0.1, 0.15) is 0 Å². The van der Waals surface area contributed by atoms with E-state index in [-0.39, 0.29) is 4.90 Å². The number of sulfonamides is 1.